The van der Waals surface area contributed by atoms with Crippen molar-refractivity contribution in [1.29, 1.82) is 0 Å². The van der Waals surface area contributed by atoms with E-state index in [2.05, 4.69) is 0 Å². The SMILES string of the molecule is CCC(C)[C@H](N)C(=O)N1CCC(C(=O)O)C(C(=O)O)C1. The van der Waals surface area contributed by atoms with Crippen LogP contribution in [0, 0.1) is 17.8 Å². The van der Waals surface area contributed by atoms with Crippen LogP contribution in [0.25, 0.3) is 0 Å². The van der Waals surface area contributed by atoms with Crippen LogP contribution in [0.15, 0.2) is 0 Å². The van der Waals surface area contributed by atoms with E-state index in [1.165, 1.54) is 4.90 Å². The number of rotatable bonds is 5. The predicted molar refractivity (Wildman–Crippen MR) is 70.9 cm³/mol. The van der Waals surface area contributed by atoms with Crippen molar-refractivity contribution in [1.82, 2.24) is 4.90 Å². The number of likely N-dealkylation sites (tertiary alicyclic amines) is 1. The van der Waals surface area contributed by atoms with Gasteiger partial charge < -0.3 is 20.8 Å². The van der Waals surface area contributed by atoms with E-state index in [1.807, 2.05) is 13.8 Å². The highest BCUT2D eigenvalue weighted by Crippen LogP contribution is 2.25. The highest BCUT2D eigenvalue weighted by molar-refractivity contribution is 5.85. The van der Waals surface area contributed by atoms with Crippen molar-refractivity contribution in [2.75, 3.05) is 13.1 Å². The Hall–Kier alpha value is -1.63. The van der Waals surface area contributed by atoms with Crippen molar-refractivity contribution >= 4 is 17.8 Å². The third-order valence-electron chi connectivity index (χ3n) is 4.10. The van der Waals surface area contributed by atoms with Crippen molar-refractivity contribution in [2.45, 2.75) is 32.7 Å². The number of nitrogens with two attached hydrogens (primary N) is 1. The summed E-state index contributed by atoms with van der Waals surface area (Å²) in [5.74, 6) is -4.63. The fourth-order valence-electron chi connectivity index (χ4n) is 2.41. The van der Waals surface area contributed by atoms with Gasteiger partial charge in [-0.3, -0.25) is 14.4 Å². The van der Waals surface area contributed by atoms with Crippen LogP contribution in [-0.4, -0.2) is 52.1 Å². The average Bonchev–Trinajstić information content (AvgIpc) is 2.43. The summed E-state index contributed by atoms with van der Waals surface area (Å²) in [6.07, 6.45) is 0.895. The first kappa shape index (κ1) is 16.4. The summed E-state index contributed by atoms with van der Waals surface area (Å²) >= 11 is 0. The van der Waals surface area contributed by atoms with Gasteiger partial charge in [0.05, 0.1) is 17.9 Å². The van der Waals surface area contributed by atoms with Crippen molar-refractivity contribution in [2.24, 2.45) is 23.5 Å². The van der Waals surface area contributed by atoms with Gasteiger partial charge in [0, 0.05) is 13.1 Å². The topological polar surface area (TPSA) is 121 Å². The van der Waals surface area contributed by atoms with E-state index in [9.17, 15) is 14.4 Å². The molecule has 0 aromatic rings. The summed E-state index contributed by atoms with van der Waals surface area (Å²) < 4.78 is 0. The molecule has 1 saturated heterocycles. The molecule has 0 radical (unpaired) electrons. The lowest BCUT2D eigenvalue weighted by atomic mass is 9.85. The Morgan fingerprint density at radius 3 is 2.25 bits per heavy atom. The molecule has 1 rings (SSSR count). The first-order valence-corrected chi connectivity index (χ1v) is 6.79. The Balaban J connectivity index is 2.78. The Morgan fingerprint density at radius 1 is 1.25 bits per heavy atom. The van der Waals surface area contributed by atoms with E-state index in [4.69, 9.17) is 15.9 Å². The van der Waals surface area contributed by atoms with E-state index in [1.54, 1.807) is 0 Å². The van der Waals surface area contributed by atoms with Crippen LogP contribution < -0.4 is 5.73 Å². The van der Waals surface area contributed by atoms with Crippen LogP contribution >= 0.6 is 0 Å². The monoisotopic (exact) mass is 286 g/mol. The maximum absolute atomic E-state index is 12.2. The van der Waals surface area contributed by atoms with Crippen molar-refractivity contribution in [3.63, 3.8) is 0 Å². The molecule has 1 aliphatic rings. The second kappa shape index (κ2) is 6.69. The fraction of sp³-hybridized carbons (Fsp3) is 0.769. The standard InChI is InChI=1S/C13H22N2O5/c1-3-7(2)10(14)11(16)15-5-4-8(12(17)18)9(6-15)13(19)20/h7-10H,3-6,14H2,1-2H3,(H,17,18)(H,19,20)/t7?,8?,9?,10-/m0/s1. The van der Waals surface area contributed by atoms with Gasteiger partial charge in [-0.05, 0) is 12.3 Å². The normalized spacial score (nSPS) is 25.9. The van der Waals surface area contributed by atoms with Gasteiger partial charge in [0.15, 0.2) is 0 Å². The molecule has 0 aromatic carbocycles. The number of piperidine rings is 1. The molecule has 4 atom stereocenters. The zero-order valence-corrected chi connectivity index (χ0v) is 11.8. The summed E-state index contributed by atoms with van der Waals surface area (Å²) in [5, 5.41) is 18.1. The molecule has 0 aliphatic carbocycles. The van der Waals surface area contributed by atoms with Gasteiger partial charge in [0.1, 0.15) is 0 Å². The number of carboxylic acid groups (broad SMARTS) is 2. The molecular weight excluding hydrogens is 264 g/mol. The first-order chi connectivity index (χ1) is 9.29. The molecule has 1 heterocycles. The molecule has 7 heteroatoms. The van der Waals surface area contributed by atoms with Gasteiger partial charge in [0.2, 0.25) is 5.91 Å². The zero-order chi connectivity index (χ0) is 15.4. The third kappa shape index (κ3) is 3.47. The molecular formula is C13H22N2O5. The quantitative estimate of drug-likeness (QED) is 0.653. The second-order valence-corrected chi connectivity index (χ2v) is 5.37. The molecule has 1 amide bonds. The number of nitrogens with zero attached hydrogens (tertiary/aromatic N) is 1. The van der Waals surface area contributed by atoms with Crippen molar-refractivity contribution in [3.05, 3.63) is 0 Å². The molecule has 3 unspecified atom stereocenters. The molecule has 7 nitrogen and oxygen atoms in total. The average molecular weight is 286 g/mol. The largest absolute Gasteiger partial charge is 0.481 e. The van der Waals surface area contributed by atoms with Crippen LogP contribution in [0.3, 0.4) is 0 Å². The molecule has 0 bridgehead atoms. The van der Waals surface area contributed by atoms with Gasteiger partial charge in [-0.15, -0.1) is 0 Å². The van der Waals surface area contributed by atoms with Gasteiger partial charge in [-0.1, -0.05) is 20.3 Å². The molecule has 0 aromatic heterocycles. The smallest absolute Gasteiger partial charge is 0.309 e. The number of hydrogen-bond acceptors (Lipinski definition) is 4. The zero-order valence-electron chi connectivity index (χ0n) is 11.8. The molecule has 1 fully saturated rings. The van der Waals surface area contributed by atoms with E-state index in [0.29, 0.717) is 0 Å². The minimum absolute atomic E-state index is 0.00275. The number of hydrogen-bond donors (Lipinski definition) is 3. The fourth-order valence-corrected chi connectivity index (χ4v) is 2.41. The summed E-state index contributed by atoms with van der Waals surface area (Å²) in [5.41, 5.74) is 5.86. The lowest BCUT2D eigenvalue weighted by Crippen LogP contribution is -2.54. The number of carbonyl (C=O) groups excluding carboxylic acids is 1. The Morgan fingerprint density at radius 2 is 1.80 bits per heavy atom. The van der Waals surface area contributed by atoms with Gasteiger partial charge >= 0.3 is 11.9 Å². The van der Waals surface area contributed by atoms with Gasteiger partial charge in [-0.25, -0.2) is 0 Å². The minimum atomic E-state index is -1.19. The highest BCUT2D eigenvalue weighted by atomic mass is 16.4. The molecule has 0 spiro atoms. The van der Waals surface area contributed by atoms with Crippen LogP contribution in [0.2, 0.25) is 0 Å². The van der Waals surface area contributed by atoms with Gasteiger partial charge in [0.25, 0.3) is 0 Å². The van der Waals surface area contributed by atoms with Crippen LogP contribution in [0.1, 0.15) is 26.7 Å². The Bertz CT molecular complexity index is 398. The second-order valence-electron chi connectivity index (χ2n) is 5.37. The molecule has 114 valence electrons. The molecule has 1 aliphatic heterocycles. The van der Waals surface area contributed by atoms with Crippen LogP contribution in [0.5, 0.6) is 0 Å². The maximum Gasteiger partial charge on any atom is 0.309 e. The minimum Gasteiger partial charge on any atom is -0.481 e. The number of amides is 1. The van der Waals surface area contributed by atoms with E-state index in [0.717, 1.165) is 6.42 Å². The summed E-state index contributed by atoms with van der Waals surface area (Å²) in [6.45, 7) is 3.94. The van der Waals surface area contributed by atoms with Crippen LogP contribution in [0.4, 0.5) is 0 Å². The number of carbonyl (C=O) groups is 3. The first-order valence-electron chi connectivity index (χ1n) is 6.79. The maximum atomic E-state index is 12.2. The molecule has 4 N–H and O–H groups in total. The Labute approximate surface area is 117 Å². The lowest BCUT2D eigenvalue weighted by Gasteiger charge is -2.36. The van der Waals surface area contributed by atoms with Crippen molar-refractivity contribution < 1.29 is 24.6 Å². The lowest BCUT2D eigenvalue weighted by molar-refractivity contribution is -0.159. The summed E-state index contributed by atoms with van der Waals surface area (Å²) in [7, 11) is 0. The van der Waals surface area contributed by atoms with Crippen molar-refractivity contribution in [3.8, 4) is 0 Å². The van der Waals surface area contributed by atoms with E-state index in [-0.39, 0.29) is 31.3 Å². The summed E-state index contributed by atoms with van der Waals surface area (Å²) in [6, 6.07) is -0.671. The molecule has 0 saturated carbocycles. The van der Waals surface area contributed by atoms with Gasteiger partial charge in [-0.2, -0.15) is 0 Å². The number of carboxylic acids is 2. The predicted octanol–water partition coefficient (Wildman–Crippen LogP) is -0.00630. The van der Waals surface area contributed by atoms with Crippen LogP contribution in [-0.2, 0) is 14.4 Å². The third-order valence-corrected chi connectivity index (χ3v) is 4.10. The Kier molecular flexibility index (Phi) is 5.50. The highest BCUT2D eigenvalue weighted by Gasteiger charge is 2.41. The summed E-state index contributed by atoms with van der Waals surface area (Å²) in [4.78, 5) is 35.8. The molecule has 20 heavy (non-hydrogen) atoms. The van der Waals surface area contributed by atoms with E-state index < -0.39 is 29.8 Å². The van der Waals surface area contributed by atoms with E-state index >= 15 is 0 Å². The number of aliphatic carboxylic acids is 2.